The fourth-order valence-electron chi connectivity index (χ4n) is 9.35. The summed E-state index contributed by atoms with van der Waals surface area (Å²) in [6.45, 7) is 6.50. The Balaban J connectivity index is 4.30. The molecular weight excluding hydrogens is 925 g/mol. The molecule has 0 amide bonds. The molecule has 0 aromatic heterocycles. The van der Waals surface area contributed by atoms with Crippen molar-refractivity contribution in [2.45, 2.75) is 335 Å². The highest BCUT2D eigenvalue weighted by Crippen LogP contribution is 2.17. The minimum Gasteiger partial charge on any atom is -0.462 e. The Bertz CT molecular complexity index is 1390. The van der Waals surface area contributed by atoms with Gasteiger partial charge in [-0.15, -0.1) is 0 Å². The molecule has 0 fully saturated rings. The van der Waals surface area contributed by atoms with E-state index in [0.29, 0.717) is 19.3 Å². The van der Waals surface area contributed by atoms with Gasteiger partial charge in [-0.25, -0.2) is 0 Å². The molecule has 0 spiro atoms. The predicted octanol–water partition coefficient (Wildman–Crippen LogP) is 22.1. The first kappa shape index (κ1) is 71.8. The fraction of sp³-hybridized carbons (Fsp3) is 0.783. The average molecular weight is 1050 g/mol. The number of carbonyl (C=O) groups excluding carboxylic acids is 3. The second-order valence-electron chi connectivity index (χ2n) is 21.6. The van der Waals surface area contributed by atoms with Crippen LogP contribution in [0.1, 0.15) is 329 Å². The van der Waals surface area contributed by atoms with Crippen molar-refractivity contribution < 1.29 is 28.6 Å². The lowest BCUT2D eigenvalue weighted by molar-refractivity contribution is -0.167. The van der Waals surface area contributed by atoms with Crippen molar-refractivity contribution in [3.05, 3.63) is 72.9 Å². The maximum absolute atomic E-state index is 12.9. The molecule has 0 aromatic carbocycles. The molecule has 0 bridgehead atoms. The Labute approximate surface area is 465 Å². The maximum atomic E-state index is 12.9. The summed E-state index contributed by atoms with van der Waals surface area (Å²) in [6.07, 6.45) is 82.1. The zero-order valence-electron chi connectivity index (χ0n) is 49.8. The smallest absolute Gasteiger partial charge is 0.306 e. The van der Waals surface area contributed by atoms with Crippen molar-refractivity contribution in [3.63, 3.8) is 0 Å². The summed E-state index contributed by atoms with van der Waals surface area (Å²) in [7, 11) is 0. The van der Waals surface area contributed by atoms with Gasteiger partial charge in [-0.2, -0.15) is 0 Å². The lowest BCUT2D eigenvalue weighted by Gasteiger charge is -2.18. The molecule has 0 saturated carbocycles. The Morgan fingerprint density at radius 3 is 0.853 bits per heavy atom. The molecule has 1 atom stereocenters. The van der Waals surface area contributed by atoms with E-state index in [4.69, 9.17) is 14.2 Å². The van der Waals surface area contributed by atoms with Crippen molar-refractivity contribution in [1.29, 1.82) is 0 Å². The fourth-order valence-corrected chi connectivity index (χ4v) is 9.35. The standard InChI is InChI=1S/C69H122O6/c1-4-7-10-13-16-19-22-25-28-30-31-32-33-34-35-36-37-38-39-42-44-47-50-53-56-59-62-68(71)74-65-66(64-73-67(70)61-58-55-52-49-46-43-40-27-24-21-18-15-12-9-6-3)75-69(72)63-60-57-54-51-48-45-41-29-26-23-20-17-14-11-8-5-2/h9,12,18,20-21,23,27,29,40-41,46,49,66H,4-8,10-11,13-17,19,22,24-26,28,30-39,42-45,47-48,50-65H2,1-3H3/b12-9-,21-18-,23-20-,40-27-,41-29-,49-46-. The van der Waals surface area contributed by atoms with Crippen LogP contribution in [0.25, 0.3) is 0 Å². The number of carbonyl (C=O) groups is 3. The highest BCUT2D eigenvalue weighted by atomic mass is 16.6. The molecule has 0 aromatic rings. The second kappa shape index (κ2) is 63.4. The van der Waals surface area contributed by atoms with Crippen LogP contribution in [0, 0.1) is 0 Å². The summed E-state index contributed by atoms with van der Waals surface area (Å²) in [4.78, 5) is 38.3. The van der Waals surface area contributed by atoms with E-state index in [1.165, 1.54) is 180 Å². The molecule has 0 N–H and O–H groups in total. The third-order valence-corrected chi connectivity index (χ3v) is 14.2. The molecule has 0 heterocycles. The molecule has 0 radical (unpaired) electrons. The van der Waals surface area contributed by atoms with Crippen molar-refractivity contribution >= 4 is 17.9 Å². The van der Waals surface area contributed by atoms with Gasteiger partial charge in [0.15, 0.2) is 6.10 Å². The molecule has 6 heteroatoms. The molecule has 434 valence electrons. The third-order valence-electron chi connectivity index (χ3n) is 14.2. The first-order valence-electron chi connectivity index (χ1n) is 32.4. The molecule has 0 aliphatic carbocycles. The van der Waals surface area contributed by atoms with Gasteiger partial charge in [-0.1, -0.05) is 293 Å². The molecule has 1 unspecified atom stereocenters. The van der Waals surface area contributed by atoms with E-state index in [9.17, 15) is 14.4 Å². The topological polar surface area (TPSA) is 78.9 Å². The SMILES string of the molecule is CC/C=C\C/C=C\C/C=C\C/C=C\CCCCC(=O)OCC(COC(=O)CCCCCCCCCCCCCCCCCCCCCCCCCCCC)OC(=O)CCCCCCC/C=C\C/C=C\CCCCCC. The van der Waals surface area contributed by atoms with Gasteiger partial charge in [0, 0.05) is 19.3 Å². The lowest BCUT2D eigenvalue weighted by atomic mass is 10.0. The quantitative estimate of drug-likeness (QED) is 0.0261. The number of hydrogen-bond acceptors (Lipinski definition) is 6. The Kier molecular flexibility index (Phi) is 60.7. The van der Waals surface area contributed by atoms with Crippen LogP contribution in [0.15, 0.2) is 72.9 Å². The monoisotopic (exact) mass is 1050 g/mol. The van der Waals surface area contributed by atoms with Crippen LogP contribution in [-0.2, 0) is 28.6 Å². The van der Waals surface area contributed by atoms with Crippen LogP contribution >= 0.6 is 0 Å². The van der Waals surface area contributed by atoms with Gasteiger partial charge in [0.2, 0.25) is 0 Å². The van der Waals surface area contributed by atoms with Crippen molar-refractivity contribution in [3.8, 4) is 0 Å². The summed E-state index contributed by atoms with van der Waals surface area (Å²) in [5.74, 6) is -0.935. The minimum absolute atomic E-state index is 0.0918. The number of esters is 3. The van der Waals surface area contributed by atoms with E-state index in [1.54, 1.807) is 0 Å². The summed E-state index contributed by atoms with van der Waals surface area (Å²) < 4.78 is 16.9. The Hall–Kier alpha value is -3.15. The second-order valence-corrected chi connectivity index (χ2v) is 21.6. The average Bonchev–Trinajstić information content (AvgIpc) is 3.41. The molecule has 0 aliphatic rings. The molecule has 75 heavy (non-hydrogen) atoms. The van der Waals surface area contributed by atoms with E-state index in [1.807, 2.05) is 0 Å². The van der Waals surface area contributed by atoms with Crippen LogP contribution in [0.4, 0.5) is 0 Å². The van der Waals surface area contributed by atoms with Crippen molar-refractivity contribution in [2.24, 2.45) is 0 Å². The molecule has 0 rings (SSSR count). The van der Waals surface area contributed by atoms with Crippen LogP contribution in [0.5, 0.6) is 0 Å². The van der Waals surface area contributed by atoms with Gasteiger partial charge in [0.05, 0.1) is 0 Å². The van der Waals surface area contributed by atoms with E-state index in [2.05, 4.69) is 93.7 Å². The zero-order valence-corrected chi connectivity index (χ0v) is 49.8. The Morgan fingerprint density at radius 2 is 0.520 bits per heavy atom. The number of allylic oxidation sites excluding steroid dienone is 12. The number of unbranched alkanes of at least 4 members (excludes halogenated alkanes) is 36. The number of rotatable bonds is 59. The minimum atomic E-state index is -0.800. The van der Waals surface area contributed by atoms with Crippen LogP contribution < -0.4 is 0 Å². The van der Waals surface area contributed by atoms with Gasteiger partial charge in [-0.3, -0.25) is 14.4 Å². The Morgan fingerprint density at radius 1 is 0.280 bits per heavy atom. The summed E-state index contributed by atoms with van der Waals surface area (Å²) in [5.41, 5.74) is 0. The van der Waals surface area contributed by atoms with E-state index in [-0.39, 0.29) is 31.1 Å². The van der Waals surface area contributed by atoms with E-state index in [0.717, 1.165) is 109 Å². The van der Waals surface area contributed by atoms with Crippen molar-refractivity contribution in [1.82, 2.24) is 0 Å². The summed E-state index contributed by atoms with van der Waals surface area (Å²) in [5, 5.41) is 0. The third kappa shape index (κ3) is 61.6. The van der Waals surface area contributed by atoms with Crippen LogP contribution in [0.3, 0.4) is 0 Å². The summed E-state index contributed by atoms with van der Waals surface area (Å²) >= 11 is 0. The molecular formula is C69H122O6. The van der Waals surface area contributed by atoms with Crippen molar-refractivity contribution in [2.75, 3.05) is 13.2 Å². The maximum Gasteiger partial charge on any atom is 0.306 e. The molecule has 0 saturated heterocycles. The van der Waals surface area contributed by atoms with Gasteiger partial charge >= 0.3 is 17.9 Å². The van der Waals surface area contributed by atoms with E-state index < -0.39 is 6.10 Å². The van der Waals surface area contributed by atoms with E-state index >= 15 is 0 Å². The normalized spacial score (nSPS) is 12.5. The van der Waals surface area contributed by atoms with Crippen LogP contribution in [-0.4, -0.2) is 37.2 Å². The van der Waals surface area contributed by atoms with Gasteiger partial charge in [0.25, 0.3) is 0 Å². The van der Waals surface area contributed by atoms with Gasteiger partial charge in [-0.05, 0) is 89.9 Å². The molecule has 0 aliphatic heterocycles. The summed E-state index contributed by atoms with van der Waals surface area (Å²) in [6, 6.07) is 0. The van der Waals surface area contributed by atoms with Gasteiger partial charge < -0.3 is 14.2 Å². The first-order chi connectivity index (χ1) is 37.0. The predicted molar refractivity (Wildman–Crippen MR) is 325 cm³/mol. The number of hydrogen-bond donors (Lipinski definition) is 0. The molecule has 6 nitrogen and oxygen atoms in total. The highest BCUT2D eigenvalue weighted by molar-refractivity contribution is 5.71. The van der Waals surface area contributed by atoms with Gasteiger partial charge in [0.1, 0.15) is 13.2 Å². The number of ether oxygens (including phenoxy) is 3. The lowest BCUT2D eigenvalue weighted by Crippen LogP contribution is -2.30. The highest BCUT2D eigenvalue weighted by Gasteiger charge is 2.19. The van der Waals surface area contributed by atoms with Crippen LogP contribution in [0.2, 0.25) is 0 Å². The largest absolute Gasteiger partial charge is 0.462 e. The zero-order chi connectivity index (χ0) is 54.3. The first-order valence-corrected chi connectivity index (χ1v) is 32.4.